The molecular formula is C17H11F4N7. The van der Waals surface area contributed by atoms with E-state index in [4.69, 9.17) is 0 Å². The number of H-pyrrole nitrogens is 1. The van der Waals surface area contributed by atoms with Crippen molar-refractivity contribution in [3.8, 4) is 11.5 Å². The lowest BCUT2D eigenvalue weighted by molar-refractivity contribution is -0.141. The van der Waals surface area contributed by atoms with Gasteiger partial charge in [0.15, 0.2) is 23.1 Å². The fourth-order valence-corrected chi connectivity index (χ4v) is 2.54. The Morgan fingerprint density at radius 2 is 1.86 bits per heavy atom. The van der Waals surface area contributed by atoms with Gasteiger partial charge in [-0.1, -0.05) is 6.07 Å². The molecule has 142 valence electrons. The number of nitrogens with zero attached hydrogens (tertiary/aromatic N) is 5. The second-order valence-corrected chi connectivity index (χ2v) is 5.80. The van der Waals surface area contributed by atoms with Gasteiger partial charge in [0.05, 0.1) is 11.9 Å². The van der Waals surface area contributed by atoms with Crippen molar-refractivity contribution in [1.82, 2.24) is 29.9 Å². The molecule has 0 unspecified atom stereocenters. The second-order valence-electron chi connectivity index (χ2n) is 5.80. The first-order chi connectivity index (χ1) is 13.3. The summed E-state index contributed by atoms with van der Waals surface area (Å²) in [4.78, 5) is 22.8. The largest absolute Gasteiger partial charge is 0.433 e. The Hall–Kier alpha value is -3.63. The van der Waals surface area contributed by atoms with Crippen LogP contribution in [0.25, 0.3) is 22.7 Å². The van der Waals surface area contributed by atoms with Crippen molar-refractivity contribution >= 4 is 22.7 Å². The predicted molar refractivity (Wildman–Crippen MR) is 92.1 cm³/mol. The Kier molecular flexibility index (Phi) is 4.13. The molecule has 4 rings (SSSR count). The average molecular weight is 389 g/mol. The van der Waals surface area contributed by atoms with E-state index in [1.165, 1.54) is 24.4 Å². The normalized spacial score (nSPS) is 11.8. The van der Waals surface area contributed by atoms with Gasteiger partial charge in [-0.05, 0) is 25.1 Å². The van der Waals surface area contributed by atoms with E-state index in [9.17, 15) is 17.6 Å². The summed E-state index contributed by atoms with van der Waals surface area (Å²) < 4.78 is 52.9. The van der Waals surface area contributed by atoms with Gasteiger partial charge in [-0.25, -0.2) is 24.3 Å². The molecule has 0 aromatic carbocycles. The van der Waals surface area contributed by atoms with E-state index >= 15 is 0 Å². The molecule has 0 spiro atoms. The van der Waals surface area contributed by atoms with Crippen LogP contribution in [0.2, 0.25) is 0 Å². The molecule has 28 heavy (non-hydrogen) atoms. The van der Waals surface area contributed by atoms with E-state index in [1.807, 2.05) is 0 Å². The van der Waals surface area contributed by atoms with E-state index in [0.717, 1.165) is 12.3 Å². The third-order valence-electron chi connectivity index (χ3n) is 3.76. The van der Waals surface area contributed by atoms with Gasteiger partial charge in [0.25, 0.3) is 0 Å². The Bertz CT molecular complexity index is 1170. The van der Waals surface area contributed by atoms with E-state index in [-0.39, 0.29) is 28.7 Å². The van der Waals surface area contributed by atoms with Crippen molar-refractivity contribution in [2.45, 2.75) is 13.1 Å². The van der Waals surface area contributed by atoms with Gasteiger partial charge in [-0.3, -0.25) is 4.98 Å². The number of halogens is 4. The first-order valence-corrected chi connectivity index (χ1v) is 7.97. The van der Waals surface area contributed by atoms with Gasteiger partial charge in [-0.2, -0.15) is 13.2 Å². The highest BCUT2D eigenvalue weighted by Gasteiger charge is 2.32. The molecule has 0 aliphatic heterocycles. The second kappa shape index (κ2) is 6.51. The fraction of sp³-hybridized carbons (Fsp3) is 0.118. The van der Waals surface area contributed by atoms with Crippen LogP contribution in [-0.2, 0) is 6.18 Å². The SMILES string of the molecule is Cc1nc2nc(-c3cccc(C(F)(F)F)n3)nc(Nc3ccncc3F)c2[nH]1. The first kappa shape index (κ1) is 17.8. The Balaban J connectivity index is 1.86. The lowest BCUT2D eigenvalue weighted by Crippen LogP contribution is -2.09. The molecule has 0 atom stereocenters. The molecule has 2 N–H and O–H groups in total. The third-order valence-corrected chi connectivity index (χ3v) is 3.76. The summed E-state index contributed by atoms with van der Waals surface area (Å²) in [6.45, 7) is 1.68. The number of pyridine rings is 2. The Morgan fingerprint density at radius 1 is 1.04 bits per heavy atom. The van der Waals surface area contributed by atoms with Crippen LogP contribution in [0.1, 0.15) is 11.5 Å². The van der Waals surface area contributed by atoms with Gasteiger partial charge < -0.3 is 10.3 Å². The molecule has 0 saturated heterocycles. The molecule has 0 bridgehead atoms. The lowest BCUT2D eigenvalue weighted by atomic mass is 10.2. The molecule has 4 heterocycles. The lowest BCUT2D eigenvalue weighted by Gasteiger charge is -2.10. The maximum atomic E-state index is 14.0. The summed E-state index contributed by atoms with van der Waals surface area (Å²) in [6.07, 6.45) is -2.20. The number of fused-ring (bicyclic) bond motifs is 1. The van der Waals surface area contributed by atoms with Gasteiger partial charge in [0.1, 0.15) is 22.7 Å². The minimum absolute atomic E-state index is 0.0814. The first-order valence-electron chi connectivity index (χ1n) is 7.97. The molecule has 0 amide bonds. The Labute approximate surface area is 154 Å². The van der Waals surface area contributed by atoms with Gasteiger partial charge in [0.2, 0.25) is 0 Å². The number of hydrogen-bond acceptors (Lipinski definition) is 6. The minimum atomic E-state index is -4.61. The third kappa shape index (κ3) is 3.33. The molecule has 4 aromatic heterocycles. The number of rotatable bonds is 3. The van der Waals surface area contributed by atoms with Crippen LogP contribution in [0.4, 0.5) is 29.1 Å². The van der Waals surface area contributed by atoms with E-state index in [1.54, 1.807) is 6.92 Å². The minimum Gasteiger partial charge on any atom is -0.338 e. The molecule has 4 aromatic rings. The molecule has 0 aliphatic carbocycles. The van der Waals surface area contributed by atoms with Crippen LogP contribution in [0.15, 0.2) is 36.7 Å². The summed E-state index contributed by atoms with van der Waals surface area (Å²) >= 11 is 0. The molecular weight excluding hydrogens is 378 g/mol. The zero-order chi connectivity index (χ0) is 19.9. The number of nitrogens with one attached hydrogen (secondary N) is 2. The van der Waals surface area contributed by atoms with Gasteiger partial charge in [0, 0.05) is 6.20 Å². The quantitative estimate of drug-likeness (QED) is 0.514. The monoisotopic (exact) mass is 389 g/mol. The molecule has 0 aliphatic rings. The smallest absolute Gasteiger partial charge is 0.338 e. The maximum absolute atomic E-state index is 14.0. The summed E-state index contributed by atoms with van der Waals surface area (Å²) in [7, 11) is 0. The molecule has 0 fully saturated rings. The highest BCUT2D eigenvalue weighted by atomic mass is 19.4. The fourth-order valence-electron chi connectivity index (χ4n) is 2.54. The number of aromatic amines is 1. The van der Waals surface area contributed by atoms with Crippen molar-refractivity contribution in [2.75, 3.05) is 5.32 Å². The van der Waals surface area contributed by atoms with E-state index in [0.29, 0.717) is 11.3 Å². The van der Waals surface area contributed by atoms with Crippen LogP contribution in [0, 0.1) is 12.7 Å². The van der Waals surface area contributed by atoms with Crippen molar-refractivity contribution in [1.29, 1.82) is 0 Å². The summed E-state index contributed by atoms with van der Waals surface area (Å²) in [5.41, 5.74) is -0.481. The summed E-state index contributed by atoms with van der Waals surface area (Å²) in [5, 5.41) is 2.80. The van der Waals surface area contributed by atoms with Crippen LogP contribution in [0.3, 0.4) is 0 Å². The number of imidazole rings is 1. The molecule has 0 radical (unpaired) electrons. The van der Waals surface area contributed by atoms with Crippen LogP contribution in [0.5, 0.6) is 0 Å². The topological polar surface area (TPSA) is 92.3 Å². The number of anilines is 2. The summed E-state index contributed by atoms with van der Waals surface area (Å²) in [5.74, 6) is -0.0482. The molecule has 7 nitrogen and oxygen atoms in total. The van der Waals surface area contributed by atoms with Crippen molar-refractivity contribution in [2.24, 2.45) is 0 Å². The van der Waals surface area contributed by atoms with Crippen LogP contribution < -0.4 is 5.32 Å². The highest BCUT2D eigenvalue weighted by Crippen LogP contribution is 2.30. The van der Waals surface area contributed by atoms with E-state index < -0.39 is 17.7 Å². The van der Waals surface area contributed by atoms with Crippen molar-refractivity contribution < 1.29 is 17.6 Å². The van der Waals surface area contributed by atoms with Crippen molar-refractivity contribution in [3.63, 3.8) is 0 Å². The van der Waals surface area contributed by atoms with Crippen LogP contribution >= 0.6 is 0 Å². The number of alkyl halides is 3. The number of aromatic nitrogens is 6. The standard InChI is InChI=1S/C17H11F4N7/c1-8-23-13-15(24-8)27-14(11-3-2-4-12(25-11)17(19,20)21)28-16(13)26-10-5-6-22-7-9(10)18/h2-7H,1H3,(H2,22,23,24,26,27,28). The van der Waals surface area contributed by atoms with E-state index in [2.05, 4.69) is 35.2 Å². The highest BCUT2D eigenvalue weighted by molar-refractivity contribution is 5.87. The average Bonchev–Trinajstić information content (AvgIpc) is 3.03. The number of hydrogen-bond donors (Lipinski definition) is 2. The van der Waals surface area contributed by atoms with Gasteiger partial charge >= 0.3 is 6.18 Å². The molecule has 11 heteroatoms. The predicted octanol–water partition coefficient (Wildman–Crippen LogP) is 4.02. The Morgan fingerprint density at radius 3 is 2.61 bits per heavy atom. The number of aryl methyl sites for hydroxylation is 1. The zero-order valence-corrected chi connectivity index (χ0v) is 14.2. The van der Waals surface area contributed by atoms with Crippen LogP contribution in [-0.4, -0.2) is 29.9 Å². The molecule has 0 saturated carbocycles. The van der Waals surface area contributed by atoms with Crippen molar-refractivity contribution in [3.05, 3.63) is 54.0 Å². The zero-order valence-electron chi connectivity index (χ0n) is 14.2. The maximum Gasteiger partial charge on any atom is 0.433 e. The summed E-state index contributed by atoms with van der Waals surface area (Å²) in [6, 6.07) is 4.82. The van der Waals surface area contributed by atoms with Gasteiger partial charge in [-0.15, -0.1) is 0 Å².